The Bertz CT molecular complexity index is 1500. The van der Waals surface area contributed by atoms with Crippen LogP contribution in [0.2, 0.25) is 0 Å². The van der Waals surface area contributed by atoms with E-state index in [4.69, 9.17) is 24.5 Å². The third kappa shape index (κ3) is 5.86. The van der Waals surface area contributed by atoms with Gasteiger partial charge in [-0.2, -0.15) is 4.98 Å². The standard InChI is InChI=1S/C31H35N5O5/c1-19-35-27(36-41-19)26-33-17-25(18-34-26)39-23-13-9-21(10-14-23)30(5,6)20-7-11-22(12-8-20)38-24-15-31(16-24,29(2,3)4)40-28(32)37/h7-14,17-18,24H,15-16H2,1-6H3,(H2,32,37). The number of carbonyl (C=O) groups is 1. The molecule has 2 aromatic heterocycles. The number of nitrogens with two attached hydrogens (primary N) is 1. The maximum absolute atomic E-state index is 11.5. The highest BCUT2D eigenvalue weighted by Gasteiger charge is 2.56. The number of amides is 1. The summed E-state index contributed by atoms with van der Waals surface area (Å²) in [6.45, 7) is 12.2. The number of benzene rings is 2. The van der Waals surface area contributed by atoms with Gasteiger partial charge in [0.25, 0.3) is 0 Å². The molecule has 1 fully saturated rings. The molecule has 1 saturated carbocycles. The van der Waals surface area contributed by atoms with Crippen LogP contribution in [0.5, 0.6) is 17.2 Å². The molecular formula is C31H35N5O5. The molecule has 10 heteroatoms. The number of aromatic nitrogens is 4. The Kier molecular flexibility index (Phi) is 7.19. The van der Waals surface area contributed by atoms with Crippen LogP contribution in [-0.2, 0) is 10.2 Å². The molecule has 10 nitrogen and oxygen atoms in total. The van der Waals surface area contributed by atoms with Crippen LogP contribution in [0.15, 0.2) is 65.4 Å². The molecule has 1 aliphatic rings. The number of ether oxygens (including phenoxy) is 3. The van der Waals surface area contributed by atoms with Gasteiger partial charge in [-0.3, -0.25) is 0 Å². The second-order valence-electron chi connectivity index (χ2n) is 12.0. The summed E-state index contributed by atoms with van der Waals surface area (Å²) in [6.07, 6.45) is 3.58. The summed E-state index contributed by atoms with van der Waals surface area (Å²) >= 11 is 0. The van der Waals surface area contributed by atoms with E-state index < -0.39 is 11.7 Å². The number of primary amides is 1. The molecule has 2 aromatic carbocycles. The SMILES string of the molecule is Cc1nc(-c2ncc(Oc3ccc(C(C)(C)c4ccc(OC5CC(OC(N)=O)(C(C)(C)C)C5)cc4)cc3)cn2)no1. The molecule has 0 spiro atoms. The van der Waals surface area contributed by atoms with E-state index in [9.17, 15) is 4.79 Å². The van der Waals surface area contributed by atoms with Gasteiger partial charge in [0, 0.05) is 30.6 Å². The Morgan fingerprint density at radius 2 is 1.44 bits per heavy atom. The van der Waals surface area contributed by atoms with Crippen molar-refractivity contribution in [3.8, 4) is 28.9 Å². The largest absolute Gasteiger partial charge is 0.490 e. The molecule has 4 aromatic rings. The van der Waals surface area contributed by atoms with Crippen molar-refractivity contribution >= 4 is 6.09 Å². The molecular weight excluding hydrogens is 522 g/mol. The summed E-state index contributed by atoms with van der Waals surface area (Å²) in [4.78, 5) is 24.1. The number of hydrogen-bond donors (Lipinski definition) is 1. The number of carbonyl (C=O) groups excluding carboxylic acids is 1. The van der Waals surface area contributed by atoms with Crippen LogP contribution < -0.4 is 15.2 Å². The van der Waals surface area contributed by atoms with E-state index in [2.05, 4.69) is 58.2 Å². The number of nitrogens with zero attached hydrogens (tertiary/aromatic N) is 4. The van der Waals surface area contributed by atoms with Crippen LogP contribution in [-0.4, -0.2) is 37.9 Å². The average Bonchev–Trinajstić information content (AvgIpc) is 3.33. The zero-order valence-corrected chi connectivity index (χ0v) is 24.2. The van der Waals surface area contributed by atoms with E-state index in [-0.39, 0.29) is 16.9 Å². The van der Waals surface area contributed by atoms with Gasteiger partial charge >= 0.3 is 6.09 Å². The number of hydrogen-bond acceptors (Lipinski definition) is 9. The first-order chi connectivity index (χ1) is 19.3. The smallest absolute Gasteiger partial charge is 0.405 e. The van der Waals surface area contributed by atoms with Crippen LogP contribution in [0.1, 0.15) is 64.5 Å². The zero-order chi connectivity index (χ0) is 29.4. The maximum Gasteiger partial charge on any atom is 0.405 e. The first-order valence-electron chi connectivity index (χ1n) is 13.5. The summed E-state index contributed by atoms with van der Waals surface area (Å²) in [5.41, 5.74) is 6.53. The normalized spacial score (nSPS) is 18.8. The number of aryl methyl sites for hydroxylation is 1. The van der Waals surface area contributed by atoms with Crippen LogP contribution in [0, 0.1) is 12.3 Å². The summed E-state index contributed by atoms with van der Waals surface area (Å²) in [5, 5.41) is 3.83. The van der Waals surface area contributed by atoms with Crippen molar-refractivity contribution in [1.82, 2.24) is 20.1 Å². The van der Waals surface area contributed by atoms with Crippen LogP contribution >= 0.6 is 0 Å². The van der Waals surface area contributed by atoms with Gasteiger partial charge < -0.3 is 24.5 Å². The molecule has 214 valence electrons. The van der Waals surface area contributed by atoms with Gasteiger partial charge in [0.05, 0.1) is 12.4 Å². The van der Waals surface area contributed by atoms with Gasteiger partial charge in [0.2, 0.25) is 17.5 Å². The molecule has 2 heterocycles. The molecule has 2 N–H and O–H groups in total. The minimum absolute atomic E-state index is 0.0373. The van der Waals surface area contributed by atoms with Crippen molar-refractivity contribution in [3.05, 3.63) is 77.9 Å². The van der Waals surface area contributed by atoms with E-state index in [0.29, 0.717) is 41.9 Å². The molecule has 0 radical (unpaired) electrons. The van der Waals surface area contributed by atoms with E-state index in [1.165, 1.54) is 0 Å². The van der Waals surface area contributed by atoms with Crippen molar-refractivity contribution in [2.75, 3.05) is 0 Å². The minimum Gasteiger partial charge on any atom is -0.490 e. The average molecular weight is 558 g/mol. The molecule has 0 aliphatic heterocycles. The Balaban J connectivity index is 1.20. The lowest BCUT2D eigenvalue weighted by Crippen LogP contribution is -2.60. The molecule has 1 aliphatic carbocycles. The third-order valence-electron chi connectivity index (χ3n) is 7.82. The van der Waals surface area contributed by atoms with Crippen LogP contribution in [0.25, 0.3) is 11.6 Å². The lowest BCUT2D eigenvalue weighted by molar-refractivity contribution is -0.165. The second kappa shape index (κ2) is 10.5. The molecule has 41 heavy (non-hydrogen) atoms. The van der Waals surface area contributed by atoms with Crippen LogP contribution in [0.3, 0.4) is 0 Å². The van der Waals surface area contributed by atoms with E-state index in [0.717, 1.165) is 16.9 Å². The first-order valence-corrected chi connectivity index (χ1v) is 13.5. The van der Waals surface area contributed by atoms with Crippen LogP contribution in [0.4, 0.5) is 4.79 Å². The van der Waals surface area contributed by atoms with Crippen molar-refractivity contribution in [3.63, 3.8) is 0 Å². The fourth-order valence-corrected chi connectivity index (χ4v) is 5.06. The Morgan fingerprint density at radius 1 is 0.878 bits per heavy atom. The molecule has 0 atom stereocenters. The molecule has 0 bridgehead atoms. The van der Waals surface area contributed by atoms with Crippen molar-refractivity contribution in [2.24, 2.45) is 11.1 Å². The predicted octanol–water partition coefficient (Wildman–Crippen LogP) is 6.37. The van der Waals surface area contributed by atoms with E-state index in [1.807, 2.05) is 45.0 Å². The lowest BCUT2D eigenvalue weighted by atomic mass is 9.62. The monoisotopic (exact) mass is 557 g/mol. The van der Waals surface area contributed by atoms with E-state index >= 15 is 0 Å². The highest BCUT2D eigenvalue weighted by atomic mass is 16.6. The first kappa shape index (κ1) is 28.1. The third-order valence-corrected chi connectivity index (χ3v) is 7.82. The molecule has 5 rings (SSSR count). The van der Waals surface area contributed by atoms with Gasteiger partial charge in [-0.1, -0.05) is 64.0 Å². The summed E-state index contributed by atoms with van der Waals surface area (Å²) in [5.74, 6) is 3.11. The topological polar surface area (TPSA) is 135 Å². The van der Waals surface area contributed by atoms with Gasteiger partial charge in [-0.15, -0.1) is 0 Å². The quantitative estimate of drug-likeness (QED) is 0.262. The molecule has 0 unspecified atom stereocenters. The summed E-state index contributed by atoms with van der Waals surface area (Å²) in [7, 11) is 0. The predicted molar refractivity (Wildman–Crippen MR) is 152 cm³/mol. The van der Waals surface area contributed by atoms with Gasteiger partial charge in [-0.25, -0.2) is 14.8 Å². The Hall–Kier alpha value is -4.47. The lowest BCUT2D eigenvalue weighted by Gasteiger charge is -2.53. The highest BCUT2D eigenvalue weighted by Crippen LogP contribution is 2.50. The van der Waals surface area contributed by atoms with Gasteiger partial charge in [0.15, 0.2) is 5.75 Å². The minimum atomic E-state index is -0.746. The second-order valence-corrected chi connectivity index (χ2v) is 12.0. The zero-order valence-electron chi connectivity index (χ0n) is 24.2. The Labute approximate surface area is 239 Å². The van der Waals surface area contributed by atoms with E-state index in [1.54, 1.807) is 19.3 Å². The van der Waals surface area contributed by atoms with Crippen molar-refractivity contribution in [2.45, 2.75) is 71.5 Å². The summed E-state index contributed by atoms with van der Waals surface area (Å²) in [6, 6.07) is 16.1. The van der Waals surface area contributed by atoms with Gasteiger partial charge in [0.1, 0.15) is 23.2 Å². The Morgan fingerprint density at radius 3 is 1.93 bits per heavy atom. The highest BCUT2D eigenvalue weighted by molar-refractivity contribution is 5.65. The molecule has 1 amide bonds. The fraction of sp³-hybridized carbons (Fsp3) is 0.387. The maximum atomic E-state index is 11.5. The van der Waals surface area contributed by atoms with Crippen molar-refractivity contribution in [1.29, 1.82) is 0 Å². The molecule has 0 saturated heterocycles. The fourth-order valence-electron chi connectivity index (χ4n) is 5.06. The summed E-state index contributed by atoms with van der Waals surface area (Å²) < 4.78 is 22.6. The van der Waals surface area contributed by atoms with Crippen molar-refractivity contribution < 1.29 is 23.5 Å². The number of rotatable bonds is 8. The van der Waals surface area contributed by atoms with Gasteiger partial charge in [-0.05, 0) is 35.4 Å².